The lowest BCUT2D eigenvalue weighted by Crippen LogP contribution is -2.41. The van der Waals surface area contributed by atoms with E-state index in [0.29, 0.717) is 24.5 Å². The molecule has 0 aromatic heterocycles. The molecule has 24 heavy (non-hydrogen) atoms. The fourth-order valence-electron chi connectivity index (χ4n) is 2.57. The number of hydrogen-bond donors (Lipinski definition) is 1. The van der Waals surface area contributed by atoms with E-state index in [9.17, 15) is 13.2 Å². The van der Waals surface area contributed by atoms with E-state index in [-0.39, 0.29) is 16.9 Å². The lowest BCUT2D eigenvalue weighted by Gasteiger charge is -2.33. The third-order valence-corrected chi connectivity index (χ3v) is 5.21. The van der Waals surface area contributed by atoms with Gasteiger partial charge in [-0.05, 0) is 52.2 Å². The molecule has 134 valence electrons. The molecule has 1 atom stereocenters. The van der Waals surface area contributed by atoms with Gasteiger partial charge >= 0.3 is 0 Å². The van der Waals surface area contributed by atoms with Gasteiger partial charge in [0.15, 0.2) is 0 Å². The van der Waals surface area contributed by atoms with Crippen LogP contribution in [0, 0.1) is 0 Å². The maximum atomic E-state index is 12.4. The van der Waals surface area contributed by atoms with E-state index in [1.165, 1.54) is 19.1 Å². The minimum Gasteiger partial charge on any atom is -0.487 e. The third-order valence-electron chi connectivity index (χ3n) is 3.75. The Morgan fingerprint density at radius 1 is 1.42 bits per heavy atom. The van der Waals surface area contributed by atoms with Gasteiger partial charge in [0.25, 0.3) is 0 Å². The van der Waals surface area contributed by atoms with Gasteiger partial charge in [-0.3, -0.25) is 4.79 Å². The van der Waals surface area contributed by atoms with Crippen molar-refractivity contribution in [2.75, 3.05) is 38.6 Å². The molecule has 1 N–H and O–H groups in total. The molecule has 1 amide bonds. The third kappa shape index (κ3) is 4.46. The zero-order chi connectivity index (χ0) is 17.9. The van der Waals surface area contributed by atoms with Crippen molar-refractivity contribution in [3.05, 3.63) is 18.2 Å². The molecule has 8 heteroatoms. The van der Waals surface area contributed by atoms with Gasteiger partial charge in [0.05, 0.1) is 17.1 Å². The number of amides is 1. The van der Waals surface area contributed by atoms with Crippen LogP contribution in [0.3, 0.4) is 0 Å². The molecule has 0 spiro atoms. The van der Waals surface area contributed by atoms with Crippen LogP contribution in [0.2, 0.25) is 0 Å². The quantitative estimate of drug-likeness (QED) is 0.772. The maximum absolute atomic E-state index is 12.4. The Kier molecular flexibility index (Phi) is 5.84. The summed E-state index contributed by atoms with van der Waals surface area (Å²) in [4.78, 5) is 15.5. The van der Waals surface area contributed by atoms with Crippen LogP contribution >= 0.6 is 0 Å². The fraction of sp³-hybridized carbons (Fsp3) is 0.562. The average molecular weight is 355 g/mol. The van der Waals surface area contributed by atoms with Crippen LogP contribution in [-0.2, 0) is 14.8 Å². The summed E-state index contributed by atoms with van der Waals surface area (Å²) in [6.45, 7) is 4.90. The van der Waals surface area contributed by atoms with Gasteiger partial charge in [-0.1, -0.05) is 0 Å². The Bertz CT molecular complexity index is 703. The molecule has 0 saturated carbocycles. The number of nitrogens with zero attached hydrogens (tertiary/aromatic N) is 2. The number of hydrogen-bond acceptors (Lipinski definition) is 5. The zero-order valence-corrected chi connectivity index (χ0v) is 15.4. The van der Waals surface area contributed by atoms with Crippen LogP contribution in [0.1, 0.15) is 20.3 Å². The van der Waals surface area contributed by atoms with Gasteiger partial charge in [-0.2, -0.15) is 0 Å². The Morgan fingerprint density at radius 2 is 2.12 bits per heavy atom. The minimum atomic E-state index is -3.62. The SMILES string of the molecule is CC(=O)N1CC(C)Oc2ccc(S(=O)(=O)NCCCN(C)C)cc21. The molecule has 0 fully saturated rings. The standard InChI is InChI=1S/C16H25N3O4S/c1-12-11-19(13(2)20)15-10-14(6-7-16(15)23-12)24(21,22)17-8-5-9-18(3)4/h6-7,10,12,17H,5,8-9,11H2,1-4H3. The molecule has 0 bridgehead atoms. The average Bonchev–Trinajstić information content (AvgIpc) is 2.50. The number of anilines is 1. The molecule has 0 saturated heterocycles. The molecule has 1 aliphatic rings. The van der Waals surface area contributed by atoms with Gasteiger partial charge < -0.3 is 14.5 Å². The number of benzene rings is 1. The van der Waals surface area contributed by atoms with Crippen molar-refractivity contribution in [2.24, 2.45) is 0 Å². The predicted molar refractivity (Wildman–Crippen MR) is 92.9 cm³/mol. The second kappa shape index (κ2) is 7.50. The van der Waals surface area contributed by atoms with Crippen LogP contribution in [0.25, 0.3) is 0 Å². The van der Waals surface area contributed by atoms with Crippen LogP contribution in [0.5, 0.6) is 5.75 Å². The van der Waals surface area contributed by atoms with Crippen molar-refractivity contribution in [2.45, 2.75) is 31.3 Å². The lowest BCUT2D eigenvalue weighted by atomic mass is 10.2. The van der Waals surface area contributed by atoms with Crippen LogP contribution in [0.15, 0.2) is 23.1 Å². The Hall–Kier alpha value is -1.64. The number of fused-ring (bicyclic) bond motifs is 1. The van der Waals surface area contributed by atoms with Crippen molar-refractivity contribution in [1.29, 1.82) is 0 Å². The second-order valence-electron chi connectivity index (χ2n) is 6.24. The van der Waals surface area contributed by atoms with Crippen molar-refractivity contribution >= 4 is 21.6 Å². The van der Waals surface area contributed by atoms with E-state index in [1.54, 1.807) is 11.0 Å². The van der Waals surface area contributed by atoms with Gasteiger partial charge in [0, 0.05) is 13.5 Å². The molecule has 1 heterocycles. The summed E-state index contributed by atoms with van der Waals surface area (Å²) in [5.41, 5.74) is 0.497. The van der Waals surface area contributed by atoms with Gasteiger partial charge in [-0.25, -0.2) is 13.1 Å². The first-order valence-corrected chi connectivity index (χ1v) is 9.42. The summed E-state index contributed by atoms with van der Waals surface area (Å²) in [6.07, 6.45) is 0.588. The smallest absolute Gasteiger partial charge is 0.240 e. The first kappa shape index (κ1) is 18.7. The van der Waals surface area contributed by atoms with Gasteiger partial charge in [0.1, 0.15) is 11.9 Å². The summed E-state index contributed by atoms with van der Waals surface area (Å²) in [7, 11) is 0.263. The van der Waals surface area contributed by atoms with E-state index in [1.807, 2.05) is 25.9 Å². The monoisotopic (exact) mass is 355 g/mol. The van der Waals surface area contributed by atoms with Crippen LogP contribution in [-0.4, -0.2) is 59.1 Å². The van der Waals surface area contributed by atoms with E-state index in [0.717, 1.165) is 13.0 Å². The van der Waals surface area contributed by atoms with Crippen LogP contribution < -0.4 is 14.4 Å². The summed E-state index contributed by atoms with van der Waals surface area (Å²) in [6, 6.07) is 4.61. The number of rotatable bonds is 6. The normalized spacial score (nSPS) is 17.5. The topological polar surface area (TPSA) is 78.9 Å². The van der Waals surface area contributed by atoms with E-state index in [2.05, 4.69) is 4.72 Å². The Balaban J connectivity index is 2.20. The first-order valence-electron chi connectivity index (χ1n) is 7.94. The molecule has 1 aliphatic heterocycles. The minimum absolute atomic E-state index is 0.131. The van der Waals surface area contributed by atoms with Crippen molar-refractivity contribution < 1.29 is 17.9 Å². The lowest BCUT2D eigenvalue weighted by molar-refractivity contribution is -0.117. The highest BCUT2D eigenvalue weighted by atomic mass is 32.2. The fourth-order valence-corrected chi connectivity index (χ4v) is 3.66. The molecule has 1 aromatic carbocycles. The molecular weight excluding hydrogens is 330 g/mol. The van der Waals surface area contributed by atoms with Crippen molar-refractivity contribution in [3.8, 4) is 5.75 Å². The molecule has 0 radical (unpaired) electrons. The molecule has 1 unspecified atom stereocenters. The highest BCUT2D eigenvalue weighted by Crippen LogP contribution is 2.35. The maximum Gasteiger partial charge on any atom is 0.240 e. The molecular formula is C16H25N3O4S. The molecule has 2 rings (SSSR count). The first-order chi connectivity index (χ1) is 11.2. The molecule has 0 aliphatic carbocycles. The summed E-state index contributed by atoms with van der Waals surface area (Å²) < 4.78 is 33.2. The van der Waals surface area contributed by atoms with E-state index in [4.69, 9.17) is 4.74 Å². The van der Waals surface area contributed by atoms with Crippen molar-refractivity contribution in [3.63, 3.8) is 0 Å². The highest BCUT2D eigenvalue weighted by molar-refractivity contribution is 7.89. The number of carbonyl (C=O) groups excluding carboxylic acids is 1. The second-order valence-corrected chi connectivity index (χ2v) is 8.01. The number of nitrogens with one attached hydrogen (secondary N) is 1. The van der Waals surface area contributed by atoms with Gasteiger partial charge in [0.2, 0.25) is 15.9 Å². The van der Waals surface area contributed by atoms with Crippen LogP contribution in [0.4, 0.5) is 5.69 Å². The summed E-state index contributed by atoms with van der Waals surface area (Å²) in [5.74, 6) is 0.385. The largest absolute Gasteiger partial charge is 0.487 e. The summed E-state index contributed by atoms with van der Waals surface area (Å²) >= 11 is 0. The van der Waals surface area contributed by atoms with Crippen molar-refractivity contribution in [1.82, 2.24) is 9.62 Å². The highest BCUT2D eigenvalue weighted by Gasteiger charge is 2.27. The zero-order valence-electron chi connectivity index (χ0n) is 14.6. The number of ether oxygens (including phenoxy) is 1. The van der Waals surface area contributed by atoms with Gasteiger partial charge in [-0.15, -0.1) is 0 Å². The predicted octanol–water partition coefficient (Wildman–Crippen LogP) is 1.05. The molecule has 7 nitrogen and oxygen atoms in total. The Morgan fingerprint density at radius 3 is 2.75 bits per heavy atom. The number of sulfonamides is 1. The van der Waals surface area contributed by atoms with E-state index >= 15 is 0 Å². The summed E-state index contributed by atoms with van der Waals surface area (Å²) in [5, 5.41) is 0. The molecule has 1 aromatic rings. The number of carbonyl (C=O) groups is 1. The van der Waals surface area contributed by atoms with E-state index < -0.39 is 10.0 Å². The Labute approximate surface area is 143 Å².